The van der Waals surface area contributed by atoms with Crippen LogP contribution in [-0.2, 0) is 9.59 Å². The second kappa shape index (κ2) is 6.05. The van der Waals surface area contributed by atoms with Crippen LogP contribution < -0.4 is 10.2 Å². The fourth-order valence-electron chi connectivity index (χ4n) is 2.46. The van der Waals surface area contributed by atoms with E-state index in [1.165, 1.54) is 0 Å². The molecule has 0 aliphatic carbocycles. The molecule has 0 saturated carbocycles. The second-order valence-corrected chi connectivity index (χ2v) is 4.64. The molecule has 1 heterocycles. The first kappa shape index (κ1) is 9.13. The first-order valence-electron chi connectivity index (χ1n) is 9.03. The zero-order valence-corrected chi connectivity index (χ0v) is 11.2. The number of rotatable bonds is 4. The fraction of sp³-hybridized carbons (Fsp3) is 0.467. The molecule has 1 saturated heterocycles. The Hall–Kier alpha value is -1.88. The summed E-state index contributed by atoms with van der Waals surface area (Å²) in [6.45, 7) is 2.23. The molecular formula is C15H20N2O3. The van der Waals surface area contributed by atoms with Crippen LogP contribution in [0.3, 0.4) is 0 Å². The number of piperidine rings is 1. The van der Waals surface area contributed by atoms with Gasteiger partial charge in [0.25, 0.3) is 0 Å². The zero-order chi connectivity index (χ0) is 18.9. The van der Waals surface area contributed by atoms with Gasteiger partial charge in [-0.15, -0.1) is 0 Å². The van der Waals surface area contributed by atoms with Crippen molar-refractivity contribution in [3.8, 4) is 0 Å². The molecule has 0 atom stereocenters. The van der Waals surface area contributed by atoms with Gasteiger partial charge in [-0.3, -0.25) is 9.69 Å². The van der Waals surface area contributed by atoms with Crippen LogP contribution in [-0.4, -0.2) is 35.6 Å². The van der Waals surface area contributed by atoms with Crippen LogP contribution in [0.2, 0.25) is 0 Å². The highest BCUT2D eigenvalue weighted by Crippen LogP contribution is 2.32. The summed E-state index contributed by atoms with van der Waals surface area (Å²) >= 11 is 0. The SMILES string of the molecule is [2H]c1c([2H])c([2H])c(N(C(=O)CC)C2(C(=O)O)CCNCC2)c([2H])c1[2H]. The Bertz CT molecular complexity index is 691. The first-order valence-corrected chi connectivity index (χ1v) is 6.53. The molecule has 0 radical (unpaired) electrons. The molecule has 5 nitrogen and oxygen atoms in total. The molecule has 2 rings (SSSR count). The number of hydrogen-bond acceptors (Lipinski definition) is 3. The highest BCUT2D eigenvalue weighted by atomic mass is 16.4. The predicted molar refractivity (Wildman–Crippen MR) is 76.7 cm³/mol. The van der Waals surface area contributed by atoms with Crippen LogP contribution in [0.5, 0.6) is 0 Å². The smallest absolute Gasteiger partial charge is 0.330 e. The van der Waals surface area contributed by atoms with E-state index in [1.54, 1.807) is 6.92 Å². The lowest BCUT2D eigenvalue weighted by molar-refractivity contribution is -0.146. The quantitative estimate of drug-likeness (QED) is 0.880. The fourth-order valence-corrected chi connectivity index (χ4v) is 2.46. The number of carbonyl (C=O) groups excluding carboxylic acids is 1. The van der Waals surface area contributed by atoms with Gasteiger partial charge in [-0.1, -0.05) is 25.1 Å². The van der Waals surface area contributed by atoms with Gasteiger partial charge in [0.05, 0.1) is 6.85 Å². The molecule has 1 aliphatic heterocycles. The van der Waals surface area contributed by atoms with Crippen molar-refractivity contribution in [2.45, 2.75) is 31.7 Å². The lowest BCUT2D eigenvalue weighted by Crippen LogP contribution is -2.61. The summed E-state index contributed by atoms with van der Waals surface area (Å²) in [7, 11) is 0. The number of para-hydroxylation sites is 1. The number of carbonyl (C=O) groups is 2. The summed E-state index contributed by atoms with van der Waals surface area (Å²) in [6, 6.07) is -2.94. The monoisotopic (exact) mass is 281 g/mol. The third kappa shape index (κ3) is 2.54. The molecule has 0 spiro atoms. The lowest BCUT2D eigenvalue weighted by Gasteiger charge is -2.43. The molecule has 5 heteroatoms. The Balaban J connectivity index is 2.80. The summed E-state index contributed by atoms with van der Waals surface area (Å²) in [6.07, 6.45) is 0.108. The number of benzene rings is 1. The summed E-state index contributed by atoms with van der Waals surface area (Å²) < 4.78 is 39.5. The van der Waals surface area contributed by atoms with E-state index in [0.29, 0.717) is 13.1 Å². The standard InChI is InChI=1S/C15H20N2O3/c1-2-13(18)17(12-6-4-3-5-7-12)15(14(19)20)8-10-16-11-9-15/h3-7,16H,2,8-11H2,1H3,(H,19,20)/i3D,4D,5D,6D,7D. The minimum atomic E-state index is -1.65. The van der Waals surface area contributed by atoms with Crippen LogP contribution in [0.4, 0.5) is 5.69 Å². The molecule has 1 amide bonds. The van der Waals surface area contributed by atoms with E-state index in [2.05, 4.69) is 5.32 Å². The van der Waals surface area contributed by atoms with Gasteiger partial charge in [-0.25, -0.2) is 4.79 Å². The highest BCUT2D eigenvalue weighted by Gasteiger charge is 2.47. The van der Waals surface area contributed by atoms with E-state index in [0.717, 1.165) is 4.90 Å². The van der Waals surface area contributed by atoms with Gasteiger partial charge < -0.3 is 10.4 Å². The van der Waals surface area contributed by atoms with E-state index in [9.17, 15) is 14.7 Å². The first-order chi connectivity index (χ1) is 11.7. The molecule has 0 unspecified atom stereocenters. The van der Waals surface area contributed by atoms with Crippen molar-refractivity contribution in [3.05, 3.63) is 30.2 Å². The molecule has 1 aromatic rings. The number of nitrogens with zero attached hydrogens (tertiary/aromatic N) is 1. The molecule has 20 heavy (non-hydrogen) atoms. The maximum atomic E-state index is 12.6. The van der Waals surface area contributed by atoms with Crippen molar-refractivity contribution in [3.63, 3.8) is 0 Å². The summed E-state index contributed by atoms with van der Waals surface area (Å²) in [4.78, 5) is 25.6. The van der Waals surface area contributed by atoms with E-state index in [-0.39, 0.29) is 24.9 Å². The maximum absolute atomic E-state index is 12.6. The van der Waals surface area contributed by atoms with E-state index < -0.39 is 47.6 Å². The number of carboxylic acid groups (broad SMARTS) is 1. The van der Waals surface area contributed by atoms with Gasteiger partial charge in [-0.05, 0) is 38.0 Å². The Morgan fingerprint density at radius 3 is 2.45 bits per heavy atom. The minimum absolute atomic E-state index is 0.0510. The van der Waals surface area contributed by atoms with Gasteiger partial charge in [0, 0.05) is 12.1 Å². The lowest BCUT2D eigenvalue weighted by atomic mass is 9.85. The maximum Gasteiger partial charge on any atom is 0.330 e. The van der Waals surface area contributed by atoms with Crippen LogP contribution in [0.15, 0.2) is 30.2 Å². The molecular weight excluding hydrogens is 256 g/mol. The Kier molecular flexibility index (Phi) is 2.76. The van der Waals surface area contributed by atoms with Crippen LogP contribution in [0.25, 0.3) is 0 Å². The molecule has 2 N–H and O–H groups in total. The van der Waals surface area contributed by atoms with Crippen molar-refractivity contribution in [2.75, 3.05) is 18.0 Å². The van der Waals surface area contributed by atoms with Gasteiger partial charge in [-0.2, -0.15) is 0 Å². The third-order valence-corrected chi connectivity index (χ3v) is 3.52. The number of hydrogen-bond donors (Lipinski definition) is 2. The van der Waals surface area contributed by atoms with Gasteiger partial charge >= 0.3 is 5.97 Å². The topological polar surface area (TPSA) is 69.6 Å². The predicted octanol–water partition coefficient (Wildman–Crippen LogP) is 1.64. The molecule has 0 aromatic heterocycles. The largest absolute Gasteiger partial charge is 0.479 e. The normalized spacial score (nSPS) is 20.9. The van der Waals surface area contributed by atoms with Gasteiger partial charge in [0.1, 0.15) is 5.54 Å². The molecule has 108 valence electrons. The summed E-state index contributed by atoms with van der Waals surface area (Å²) in [5.74, 6) is -1.84. The van der Waals surface area contributed by atoms with E-state index >= 15 is 0 Å². The molecule has 0 bridgehead atoms. The third-order valence-electron chi connectivity index (χ3n) is 3.52. The van der Waals surface area contributed by atoms with Crippen molar-refractivity contribution < 1.29 is 21.5 Å². The number of nitrogens with one attached hydrogen (secondary N) is 1. The number of carboxylic acids is 1. The van der Waals surface area contributed by atoms with Crippen molar-refractivity contribution in [1.82, 2.24) is 5.32 Å². The molecule has 1 aromatic carbocycles. The number of aliphatic carboxylic acids is 1. The number of anilines is 1. The second-order valence-electron chi connectivity index (χ2n) is 4.64. The average Bonchev–Trinajstić information content (AvgIpc) is 2.61. The van der Waals surface area contributed by atoms with Crippen LogP contribution >= 0.6 is 0 Å². The Labute approximate surface area is 125 Å². The Morgan fingerprint density at radius 1 is 1.35 bits per heavy atom. The van der Waals surface area contributed by atoms with Crippen molar-refractivity contribution in [1.29, 1.82) is 0 Å². The Morgan fingerprint density at radius 2 is 1.95 bits per heavy atom. The van der Waals surface area contributed by atoms with Gasteiger partial charge in [0.2, 0.25) is 5.91 Å². The summed E-state index contributed by atoms with van der Waals surface area (Å²) in [5.41, 5.74) is -2.02. The van der Waals surface area contributed by atoms with Crippen molar-refractivity contribution >= 4 is 17.6 Å². The van der Waals surface area contributed by atoms with E-state index in [1.807, 2.05) is 0 Å². The van der Waals surface area contributed by atoms with Crippen LogP contribution in [0.1, 0.15) is 33.0 Å². The number of amides is 1. The molecule has 1 fully saturated rings. The van der Waals surface area contributed by atoms with Gasteiger partial charge in [0.15, 0.2) is 0 Å². The summed E-state index contributed by atoms with van der Waals surface area (Å²) in [5, 5.41) is 12.9. The minimum Gasteiger partial charge on any atom is -0.479 e. The average molecular weight is 281 g/mol. The van der Waals surface area contributed by atoms with Crippen LogP contribution in [0, 0.1) is 0 Å². The van der Waals surface area contributed by atoms with E-state index in [4.69, 9.17) is 6.85 Å². The highest BCUT2D eigenvalue weighted by molar-refractivity contribution is 6.01. The van der Waals surface area contributed by atoms with Crippen molar-refractivity contribution in [2.24, 2.45) is 0 Å². The molecule has 1 aliphatic rings. The zero-order valence-electron chi connectivity index (χ0n) is 16.2.